The number of benzene rings is 2. The van der Waals surface area contributed by atoms with Crippen molar-refractivity contribution in [1.29, 1.82) is 0 Å². The van der Waals surface area contributed by atoms with Crippen molar-refractivity contribution >= 4 is 23.4 Å². The molecule has 9 nitrogen and oxygen atoms in total. The number of nitrogens with zero attached hydrogens (tertiary/aromatic N) is 4. The van der Waals surface area contributed by atoms with Crippen molar-refractivity contribution in [2.75, 3.05) is 25.3 Å². The van der Waals surface area contributed by atoms with Crippen molar-refractivity contribution in [1.82, 2.24) is 19.5 Å². The number of carbonyl (C=O) groups excluding carboxylic acids is 1. The van der Waals surface area contributed by atoms with E-state index in [9.17, 15) is 9.90 Å². The van der Waals surface area contributed by atoms with Crippen LogP contribution in [0.2, 0.25) is 0 Å². The average molecular weight is 452 g/mol. The van der Waals surface area contributed by atoms with E-state index in [1.807, 2.05) is 41.3 Å². The van der Waals surface area contributed by atoms with Crippen LogP contribution in [-0.2, 0) is 4.79 Å². The monoisotopic (exact) mass is 451 g/mol. The quantitative estimate of drug-likeness (QED) is 0.395. The molecule has 4 rings (SSSR count). The molecule has 0 saturated carbocycles. The zero-order chi connectivity index (χ0) is 22.5. The van der Waals surface area contributed by atoms with E-state index >= 15 is 0 Å². The highest BCUT2D eigenvalue weighted by molar-refractivity contribution is 7.99. The lowest BCUT2D eigenvalue weighted by Gasteiger charge is -2.12. The Balaban J connectivity index is 1.59. The highest BCUT2D eigenvalue weighted by atomic mass is 32.2. The largest absolute Gasteiger partial charge is 0.504 e. The summed E-state index contributed by atoms with van der Waals surface area (Å²) in [7, 11) is 3.04. The third kappa shape index (κ3) is 4.40. The van der Waals surface area contributed by atoms with Crippen LogP contribution in [0.4, 0.5) is 5.69 Å². The Morgan fingerprint density at radius 2 is 1.78 bits per heavy atom. The van der Waals surface area contributed by atoms with Gasteiger partial charge in [-0.2, -0.15) is 0 Å². The highest BCUT2D eigenvalue weighted by Crippen LogP contribution is 2.32. The molecule has 2 aromatic carbocycles. The van der Waals surface area contributed by atoms with Gasteiger partial charge in [0.05, 0.1) is 25.7 Å². The number of thioether (sulfide) groups is 1. The van der Waals surface area contributed by atoms with Crippen LogP contribution in [-0.4, -0.2) is 50.5 Å². The SMILES string of the molecule is COc1cc(-c2nnc(SCC(=O)Nc3ccccc3OC)n2-n2cccc2)ccc1O. The van der Waals surface area contributed by atoms with Gasteiger partial charge in [-0.1, -0.05) is 23.9 Å². The van der Waals surface area contributed by atoms with Crippen LogP contribution in [0.25, 0.3) is 11.4 Å². The maximum absolute atomic E-state index is 12.6. The lowest BCUT2D eigenvalue weighted by atomic mass is 10.2. The molecule has 0 aliphatic rings. The molecule has 0 aliphatic heterocycles. The Morgan fingerprint density at radius 1 is 1.03 bits per heavy atom. The molecule has 2 heterocycles. The first-order valence-electron chi connectivity index (χ1n) is 9.63. The van der Waals surface area contributed by atoms with Crippen LogP contribution in [0.5, 0.6) is 17.2 Å². The van der Waals surface area contributed by atoms with Gasteiger partial charge in [0, 0.05) is 18.0 Å². The Bertz CT molecular complexity index is 1220. The minimum absolute atomic E-state index is 0.0332. The highest BCUT2D eigenvalue weighted by Gasteiger charge is 2.18. The second-order valence-electron chi connectivity index (χ2n) is 6.60. The van der Waals surface area contributed by atoms with E-state index in [-0.39, 0.29) is 17.4 Å². The number of nitrogens with one attached hydrogen (secondary N) is 1. The summed E-state index contributed by atoms with van der Waals surface area (Å²) < 4.78 is 14.1. The summed E-state index contributed by atoms with van der Waals surface area (Å²) in [5, 5.41) is 21.9. The molecule has 0 radical (unpaired) electrons. The van der Waals surface area contributed by atoms with Gasteiger partial charge in [0.15, 0.2) is 17.3 Å². The molecular formula is C22H21N5O4S. The van der Waals surface area contributed by atoms with Crippen molar-refractivity contribution in [2.24, 2.45) is 0 Å². The summed E-state index contributed by atoms with van der Waals surface area (Å²) >= 11 is 1.25. The first kappa shape index (κ1) is 21.3. The van der Waals surface area contributed by atoms with Crippen LogP contribution in [0, 0.1) is 0 Å². The van der Waals surface area contributed by atoms with Gasteiger partial charge in [-0.05, 0) is 42.5 Å². The van der Waals surface area contributed by atoms with Crippen molar-refractivity contribution < 1.29 is 19.4 Å². The molecule has 0 spiro atoms. The zero-order valence-electron chi connectivity index (χ0n) is 17.4. The molecular weight excluding hydrogens is 430 g/mol. The fraction of sp³-hybridized carbons (Fsp3) is 0.136. The van der Waals surface area contributed by atoms with Gasteiger partial charge in [0.2, 0.25) is 11.1 Å². The number of rotatable bonds is 8. The maximum Gasteiger partial charge on any atom is 0.234 e. The molecule has 0 aliphatic carbocycles. The number of hydrogen-bond acceptors (Lipinski definition) is 7. The van der Waals surface area contributed by atoms with Gasteiger partial charge < -0.3 is 19.9 Å². The Hall–Kier alpha value is -3.92. The lowest BCUT2D eigenvalue weighted by Crippen LogP contribution is -2.16. The molecule has 2 aromatic heterocycles. The van der Waals surface area contributed by atoms with E-state index in [1.165, 1.54) is 24.9 Å². The standard InChI is InChI=1S/C22H21N5O4S/c1-30-18-8-4-3-7-16(18)23-20(29)14-32-22-25-24-21(27(22)26-11-5-6-12-26)15-9-10-17(28)19(13-15)31-2/h3-13,28H,14H2,1-2H3,(H,23,29). The molecule has 10 heteroatoms. The van der Waals surface area contributed by atoms with Gasteiger partial charge in [0.1, 0.15) is 5.75 Å². The lowest BCUT2D eigenvalue weighted by molar-refractivity contribution is -0.113. The van der Waals surface area contributed by atoms with Crippen LogP contribution in [0.3, 0.4) is 0 Å². The fourth-order valence-corrected chi connectivity index (χ4v) is 3.82. The molecule has 2 N–H and O–H groups in total. The van der Waals surface area contributed by atoms with Crippen LogP contribution in [0.15, 0.2) is 72.1 Å². The molecule has 1 amide bonds. The first-order chi connectivity index (χ1) is 15.6. The molecule has 0 fully saturated rings. The number of aromatic nitrogens is 4. The predicted molar refractivity (Wildman–Crippen MR) is 121 cm³/mol. The number of phenols is 1. The number of ether oxygens (including phenoxy) is 2. The van der Waals surface area contributed by atoms with E-state index in [4.69, 9.17) is 9.47 Å². The van der Waals surface area contributed by atoms with Gasteiger partial charge in [0.25, 0.3) is 0 Å². The molecule has 0 saturated heterocycles. The number of methoxy groups -OCH3 is 2. The number of aromatic hydroxyl groups is 1. The smallest absolute Gasteiger partial charge is 0.234 e. The number of amides is 1. The van der Waals surface area contributed by atoms with E-state index in [1.54, 1.807) is 36.1 Å². The van der Waals surface area contributed by atoms with Crippen LogP contribution < -0.4 is 14.8 Å². The normalized spacial score (nSPS) is 10.7. The molecule has 32 heavy (non-hydrogen) atoms. The topological polar surface area (TPSA) is 103 Å². The number of phenolic OH excluding ortho intramolecular Hbond substituents is 1. The van der Waals surface area contributed by atoms with Gasteiger partial charge in [-0.25, -0.2) is 4.68 Å². The zero-order valence-corrected chi connectivity index (χ0v) is 18.2. The summed E-state index contributed by atoms with van der Waals surface area (Å²) in [6.07, 6.45) is 3.70. The second kappa shape index (κ2) is 9.48. The summed E-state index contributed by atoms with van der Waals surface area (Å²) in [5.74, 6) is 1.41. The molecule has 164 valence electrons. The summed E-state index contributed by atoms with van der Waals surface area (Å²) in [5.41, 5.74) is 1.30. The van der Waals surface area contributed by atoms with Crippen molar-refractivity contribution in [3.8, 4) is 28.6 Å². The fourth-order valence-electron chi connectivity index (χ4n) is 3.08. The van der Waals surface area contributed by atoms with Crippen molar-refractivity contribution in [3.05, 3.63) is 67.0 Å². The minimum Gasteiger partial charge on any atom is -0.504 e. The van der Waals surface area contributed by atoms with Gasteiger partial charge >= 0.3 is 0 Å². The van der Waals surface area contributed by atoms with Crippen LogP contribution in [0.1, 0.15) is 0 Å². The number of hydrogen-bond donors (Lipinski definition) is 2. The number of anilines is 1. The Labute approximate surface area is 188 Å². The van der Waals surface area contributed by atoms with Crippen molar-refractivity contribution in [3.63, 3.8) is 0 Å². The third-order valence-corrected chi connectivity index (χ3v) is 5.50. The van der Waals surface area contributed by atoms with Crippen LogP contribution >= 0.6 is 11.8 Å². The predicted octanol–water partition coefficient (Wildman–Crippen LogP) is 3.51. The summed E-state index contributed by atoms with van der Waals surface area (Å²) in [6, 6.07) is 15.9. The maximum atomic E-state index is 12.6. The van der Waals surface area contributed by atoms with Crippen molar-refractivity contribution in [2.45, 2.75) is 5.16 Å². The third-order valence-electron chi connectivity index (χ3n) is 4.58. The first-order valence-corrected chi connectivity index (χ1v) is 10.6. The molecule has 0 unspecified atom stereocenters. The Morgan fingerprint density at radius 3 is 2.53 bits per heavy atom. The van der Waals surface area contributed by atoms with E-state index in [0.29, 0.717) is 33.7 Å². The summed E-state index contributed by atoms with van der Waals surface area (Å²) in [4.78, 5) is 12.6. The average Bonchev–Trinajstić information content (AvgIpc) is 3.48. The minimum atomic E-state index is -0.200. The second-order valence-corrected chi connectivity index (χ2v) is 7.55. The van der Waals surface area contributed by atoms with E-state index in [0.717, 1.165) is 0 Å². The van der Waals surface area contributed by atoms with E-state index in [2.05, 4.69) is 15.5 Å². The Kier molecular flexibility index (Phi) is 6.31. The van der Waals surface area contributed by atoms with E-state index < -0.39 is 0 Å². The van der Waals surface area contributed by atoms with Gasteiger partial charge in [-0.3, -0.25) is 9.47 Å². The molecule has 0 bridgehead atoms. The molecule has 4 aromatic rings. The summed E-state index contributed by atoms with van der Waals surface area (Å²) in [6.45, 7) is 0. The van der Waals surface area contributed by atoms with Gasteiger partial charge in [-0.15, -0.1) is 10.2 Å². The number of para-hydroxylation sites is 2. The number of carbonyl (C=O) groups is 1. The molecule has 0 atom stereocenters.